The number of fused-ring (bicyclic) bond motifs is 6. The number of aromatic nitrogens is 4. The molecule has 0 fully saturated rings. The standard InChI is InChI=1S/C38H24N4O/c1-3-10-25(11-4-1)26-12-9-13-27(22-26)36-32-23-43-24-33(32)39-38(40-36)42-35-17-8-7-16-29(35)30-18-19-34-31(37(30)42)20-21-41(34)28-14-5-2-6-15-28/h1-24H. The Balaban J connectivity index is 1.33. The van der Waals surface area contributed by atoms with Crippen LogP contribution in [0.4, 0.5) is 0 Å². The number of nitrogens with zero attached hydrogens (tertiary/aromatic N) is 4. The first kappa shape index (κ1) is 23.7. The molecule has 5 aromatic carbocycles. The van der Waals surface area contributed by atoms with E-state index in [2.05, 4.69) is 131 Å². The highest BCUT2D eigenvalue weighted by atomic mass is 16.3. The molecule has 0 aliphatic carbocycles. The van der Waals surface area contributed by atoms with Crippen LogP contribution in [0.25, 0.3) is 77.6 Å². The van der Waals surface area contributed by atoms with E-state index in [-0.39, 0.29) is 0 Å². The number of para-hydroxylation sites is 2. The van der Waals surface area contributed by atoms with Crippen molar-refractivity contribution in [3.05, 3.63) is 146 Å². The van der Waals surface area contributed by atoms with Gasteiger partial charge in [0.2, 0.25) is 5.95 Å². The second-order valence-electron chi connectivity index (χ2n) is 10.8. The summed E-state index contributed by atoms with van der Waals surface area (Å²) in [4.78, 5) is 10.3. The first-order chi connectivity index (χ1) is 21.3. The second kappa shape index (κ2) is 9.29. The van der Waals surface area contributed by atoms with Gasteiger partial charge in [-0.25, -0.2) is 9.97 Å². The third-order valence-corrected chi connectivity index (χ3v) is 8.31. The van der Waals surface area contributed by atoms with Crippen molar-refractivity contribution in [2.24, 2.45) is 0 Å². The van der Waals surface area contributed by atoms with Crippen molar-refractivity contribution < 1.29 is 4.42 Å². The molecular formula is C38H24N4O. The molecule has 4 heterocycles. The molecule has 0 amide bonds. The van der Waals surface area contributed by atoms with Crippen LogP contribution in [0, 0.1) is 0 Å². The van der Waals surface area contributed by atoms with Crippen molar-refractivity contribution in [3.8, 4) is 34.0 Å². The minimum atomic E-state index is 0.611. The summed E-state index contributed by atoms with van der Waals surface area (Å²) in [7, 11) is 0. The fraction of sp³-hybridized carbons (Fsp3) is 0. The fourth-order valence-corrected chi connectivity index (χ4v) is 6.34. The lowest BCUT2D eigenvalue weighted by molar-refractivity contribution is 0.572. The molecule has 9 aromatic rings. The van der Waals surface area contributed by atoms with Gasteiger partial charge in [0.1, 0.15) is 18.0 Å². The lowest BCUT2D eigenvalue weighted by atomic mass is 10.0. The molecule has 43 heavy (non-hydrogen) atoms. The van der Waals surface area contributed by atoms with E-state index in [9.17, 15) is 0 Å². The maximum absolute atomic E-state index is 5.70. The monoisotopic (exact) mass is 552 g/mol. The third kappa shape index (κ3) is 3.65. The van der Waals surface area contributed by atoms with E-state index >= 15 is 0 Å². The molecule has 0 spiro atoms. The van der Waals surface area contributed by atoms with Crippen molar-refractivity contribution in [3.63, 3.8) is 0 Å². The summed E-state index contributed by atoms with van der Waals surface area (Å²) in [6, 6.07) is 44.5. The Morgan fingerprint density at radius 3 is 2.16 bits per heavy atom. The van der Waals surface area contributed by atoms with Gasteiger partial charge in [-0.05, 0) is 47.5 Å². The molecule has 0 N–H and O–H groups in total. The largest absolute Gasteiger partial charge is 0.470 e. The quantitative estimate of drug-likeness (QED) is 0.218. The highest BCUT2D eigenvalue weighted by Gasteiger charge is 2.20. The normalized spacial score (nSPS) is 11.7. The molecule has 202 valence electrons. The van der Waals surface area contributed by atoms with Crippen LogP contribution in [-0.2, 0) is 0 Å². The number of benzene rings is 5. The molecule has 4 aromatic heterocycles. The van der Waals surface area contributed by atoms with E-state index in [4.69, 9.17) is 14.4 Å². The first-order valence-electron chi connectivity index (χ1n) is 14.3. The molecule has 0 saturated carbocycles. The number of rotatable bonds is 4. The van der Waals surface area contributed by atoms with Crippen LogP contribution < -0.4 is 0 Å². The number of hydrogen-bond donors (Lipinski definition) is 0. The fourth-order valence-electron chi connectivity index (χ4n) is 6.34. The average molecular weight is 553 g/mol. The SMILES string of the molecule is c1ccc(-c2cccc(-c3nc(-n4c5ccccc5c5ccc6c(ccn6-c6ccccc6)c54)nc4cocc34)c2)cc1. The van der Waals surface area contributed by atoms with Crippen LogP contribution in [0.15, 0.2) is 151 Å². The second-order valence-corrected chi connectivity index (χ2v) is 10.8. The van der Waals surface area contributed by atoms with E-state index < -0.39 is 0 Å². The Labute approximate surface area is 246 Å². The lowest BCUT2D eigenvalue weighted by Gasteiger charge is -2.11. The summed E-state index contributed by atoms with van der Waals surface area (Å²) in [5, 5.41) is 4.35. The number of hydrogen-bond acceptors (Lipinski definition) is 3. The van der Waals surface area contributed by atoms with Crippen LogP contribution >= 0.6 is 0 Å². The van der Waals surface area contributed by atoms with Gasteiger partial charge >= 0.3 is 0 Å². The summed E-state index contributed by atoms with van der Waals surface area (Å²) < 4.78 is 10.1. The zero-order chi connectivity index (χ0) is 28.3. The van der Waals surface area contributed by atoms with Gasteiger partial charge in [-0.3, -0.25) is 4.57 Å². The van der Waals surface area contributed by atoms with Crippen LogP contribution in [0.1, 0.15) is 0 Å². The Morgan fingerprint density at radius 1 is 0.512 bits per heavy atom. The topological polar surface area (TPSA) is 48.8 Å². The zero-order valence-corrected chi connectivity index (χ0v) is 23.1. The summed E-state index contributed by atoms with van der Waals surface area (Å²) >= 11 is 0. The molecular weight excluding hydrogens is 528 g/mol. The maximum Gasteiger partial charge on any atom is 0.235 e. The van der Waals surface area contributed by atoms with Crippen molar-refractivity contribution in [2.45, 2.75) is 0 Å². The molecule has 0 saturated heterocycles. The minimum absolute atomic E-state index is 0.611. The Kier molecular flexibility index (Phi) is 5.13. The van der Waals surface area contributed by atoms with Crippen molar-refractivity contribution in [1.29, 1.82) is 0 Å². The van der Waals surface area contributed by atoms with E-state index in [1.54, 1.807) is 12.5 Å². The van der Waals surface area contributed by atoms with Gasteiger partial charge in [-0.1, -0.05) is 91.0 Å². The highest BCUT2D eigenvalue weighted by Crippen LogP contribution is 2.38. The molecule has 0 aliphatic rings. The molecule has 0 atom stereocenters. The Morgan fingerprint density at radius 2 is 1.28 bits per heavy atom. The third-order valence-electron chi connectivity index (χ3n) is 8.31. The van der Waals surface area contributed by atoms with E-state index in [1.165, 1.54) is 0 Å². The summed E-state index contributed by atoms with van der Waals surface area (Å²) in [6.07, 6.45) is 5.59. The van der Waals surface area contributed by atoms with E-state index in [0.717, 1.165) is 71.7 Å². The van der Waals surface area contributed by atoms with Crippen molar-refractivity contribution >= 4 is 43.6 Å². The van der Waals surface area contributed by atoms with Crippen LogP contribution in [0.3, 0.4) is 0 Å². The van der Waals surface area contributed by atoms with Gasteiger partial charge in [-0.2, -0.15) is 0 Å². The molecule has 5 nitrogen and oxygen atoms in total. The molecule has 0 aliphatic heterocycles. The molecule has 0 bridgehead atoms. The predicted molar refractivity (Wildman–Crippen MR) is 174 cm³/mol. The zero-order valence-electron chi connectivity index (χ0n) is 23.1. The van der Waals surface area contributed by atoms with Crippen LogP contribution in [0.2, 0.25) is 0 Å². The highest BCUT2D eigenvalue weighted by molar-refractivity contribution is 6.18. The van der Waals surface area contributed by atoms with E-state index in [1.807, 2.05) is 12.1 Å². The first-order valence-corrected chi connectivity index (χ1v) is 14.3. The minimum Gasteiger partial charge on any atom is -0.470 e. The lowest BCUT2D eigenvalue weighted by Crippen LogP contribution is -2.03. The van der Waals surface area contributed by atoms with Gasteiger partial charge in [0.15, 0.2) is 0 Å². The summed E-state index contributed by atoms with van der Waals surface area (Å²) in [5.41, 5.74) is 9.31. The Hall–Kier alpha value is -5.94. The molecule has 0 radical (unpaired) electrons. The average Bonchev–Trinajstić information content (AvgIpc) is 3.81. The van der Waals surface area contributed by atoms with Gasteiger partial charge in [0.05, 0.1) is 27.6 Å². The molecule has 0 unspecified atom stereocenters. The molecule has 9 rings (SSSR count). The summed E-state index contributed by atoms with van der Waals surface area (Å²) in [6.45, 7) is 0. The summed E-state index contributed by atoms with van der Waals surface area (Å²) in [5.74, 6) is 0.611. The van der Waals surface area contributed by atoms with Gasteiger partial charge in [0.25, 0.3) is 0 Å². The van der Waals surface area contributed by atoms with Crippen molar-refractivity contribution in [1.82, 2.24) is 19.1 Å². The molecule has 5 heteroatoms. The number of furan rings is 1. The van der Waals surface area contributed by atoms with Crippen LogP contribution in [0.5, 0.6) is 0 Å². The van der Waals surface area contributed by atoms with Crippen molar-refractivity contribution in [2.75, 3.05) is 0 Å². The van der Waals surface area contributed by atoms with Gasteiger partial charge in [0, 0.05) is 33.6 Å². The predicted octanol–water partition coefficient (Wildman–Crippen LogP) is 9.60. The van der Waals surface area contributed by atoms with Gasteiger partial charge < -0.3 is 8.98 Å². The van der Waals surface area contributed by atoms with Gasteiger partial charge in [-0.15, -0.1) is 0 Å². The van der Waals surface area contributed by atoms with E-state index in [0.29, 0.717) is 5.95 Å². The smallest absolute Gasteiger partial charge is 0.235 e. The van der Waals surface area contributed by atoms with Crippen LogP contribution in [-0.4, -0.2) is 19.1 Å². The maximum atomic E-state index is 5.70. The Bertz CT molecular complexity index is 2450.